The number of aromatic nitrogens is 1. The van der Waals surface area contributed by atoms with Crippen molar-refractivity contribution < 1.29 is 22.7 Å². The second-order valence-corrected chi connectivity index (χ2v) is 4.68. The standard InChI is InChI=1S/C15H15F3N2O2/c16-15(17,18)10-13(21)19-8-3-9-22-12-6-1-4-11-5-2-7-20-14(11)12/h1-2,4-7H,3,8-10H2,(H,19,21). The highest BCUT2D eigenvalue weighted by Gasteiger charge is 2.30. The number of ether oxygens (including phenoxy) is 1. The number of para-hydroxylation sites is 1. The number of carbonyl (C=O) groups excluding carboxylic acids is 1. The third kappa shape index (κ3) is 4.91. The molecule has 1 heterocycles. The molecule has 2 aromatic rings. The molecule has 0 atom stereocenters. The van der Waals surface area contributed by atoms with Gasteiger partial charge < -0.3 is 10.1 Å². The minimum atomic E-state index is -4.48. The van der Waals surface area contributed by atoms with Crippen molar-refractivity contribution in [3.05, 3.63) is 36.5 Å². The highest BCUT2D eigenvalue weighted by atomic mass is 19.4. The van der Waals surface area contributed by atoms with Crippen molar-refractivity contribution >= 4 is 16.8 Å². The molecule has 0 spiro atoms. The van der Waals surface area contributed by atoms with Crippen LogP contribution in [0.4, 0.5) is 13.2 Å². The fourth-order valence-corrected chi connectivity index (χ4v) is 1.92. The predicted octanol–water partition coefficient (Wildman–Crippen LogP) is 3.07. The quantitative estimate of drug-likeness (QED) is 0.834. The molecule has 1 aromatic carbocycles. The first-order valence-electron chi connectivity index (χ1n) is 6.76. The Balaban J connectivity index is 1.76. The van der Waals surface area contributed by atoms with Crippen molar-refractivity contribution in [1.29, 1.82) is 0 Å². The van der Waals surface area contributed by atoms with E-state index in [0.29, 0.717) is 12.2 Å². The summed E-state index contributed by atoms with van der Waals surface area (Å²) >= 11 is 0. The number of amides is 1. The summed E-state index contributed by atoms with van der Waals surface area (Å²) in [6, 6.07) is 9.25. The van der Waals surface area contributed by atoms with Gasteiger partial charge >= 0.3 is 6.18 Å². The highest BCUT2D eigenvalue weighted by Crippen LogP contribution is 2.23. The molecule has 7 heteroatoms. The van der Waals surface area contributed by atoms with Gasteiger partial charge in [0.1, 0.15) is 17.7 Å². The van der Waals surface area contributed by atoms with E-state index in [2.05, 4.69) is 10.3 Å². The van der Waals surface area contributed by atoms with E-state index in [0.717, 1.165) is 10.9 Å². The van der Waals surface area contributed by atoms with E-state index in [4.69, 9.17) is 4.74 Å². The second-order valence-electron chi connectivity index (χ2n) is 4.68. The summed E-state index contributed by atoms with van der Waals surface area (Å²) < 4.78 is 41.4. The molecule has 0 fully saturated rings. The van der Waals surface area contributed by atoms with Gasteiger partial charge in [-0.05, 0) is 18.6 Å². The highest BCUT2D eigenvalue weighted by molar-refractivity contribution is 5.84. The maximum absolute atomic E-state index is 12.0. The summed E-state index contributed by atoms with van der Waals surface area (Å²) in [5.74, 6) is -0.418. The van der Waals surface area contributed by atoms with Gasteiger partial charge in [-0.1, -0.05) is 18.2 Å². The Hall–Kier alpha value is -2.31. The van der Waals surface area contributed by atoms with Crippen LogP contribution in [0.1, 0.15) is 12.8 Å². The lowest BCUT2D eigenvalue weighted by Crippen LogP contribution is -2.29. The van der Waals surface area contributed by atoms with Gasteiger partial charge in [0, 0.05) is 18.1 Å². The van der Waals surface area contributed by atoms with E-state index in [9.17, 15) is 18.0 Å². The Morgan fingerprint density at radius 1 is 1.23 bits per heavy atom. The van der Waals surface area contributed by atoms with Crippen LogP contribution in [0.5, 0.6) is 5.75 Å². The molecule has 0 aliphatic rings. The van der Waals surface area contributed by atoms with Gasteiger partial charge in [0.05, 0.1) is 6.61 Å². The van der Waals surface area contributed by atoms with Gasteiger partial charge in [-0.15, -0.1) is 0 Å². The first-order chi connectivity index (χ1) is 10.5. The van der Waals surface area contributed by atoms with E-state index in [-0.39, 0.29) is 13.2 Å². The first kappa shape index (κ1) is 16.1. The van der Waals surface area contributed by atoms with Crippen LogP contribution in [0.3, 0.4) is 0 Å². The maximum Gasteiger partial charge on any atom is 0.397 e. The lowest BCUT2D eigenvalue weighted by atomic mass is 10.2. The van der Waals surface area contributed by atoms with E-state index in [1.807, 2.05) is 24.3 Å². The molecular weight excluding hydrogens is 297 g/mol. The summed E-state index contributed by atoms with van der Waals surface area (Å²) in [7, 11) is 0. The van der Waals surface area contributed by atoms with Gasteiger partial charge in [0.25, 0.3) is 0 Å². The Morgan fingerprint density at radius 3 is 2.77 bits per heavy atom. The van der Waals surface area contributed by atoms with Crippen molar-refractivity contribution in [2.75, 3.05) is 13.2 Å². The van der Waals surface area contributed by atoms with E-state index in [1.165, 1.54) is 0 Å². The number of hydrogen-bond acceptors (Lipinski definition) is 3. The Labute approximate surface area is 125 Å². The molecule has 1 aromatic heterocycles. The number of hydrogen-bond donors (Lipinski definition) is 1. The minimum absolute atomic E-state index is 0.132. The van der Waals surface area contributed by atoms with Gasteiger partial charge in [0.15, 0.2) is 0 Å². The van der Waals surface area contributed by atoms with E-state index >= 15 is 0 Å². The maximum atomic E-state index is 12.0. The van der Waals surface area contributed by atoms with Crippen LogP contribution in [0.15, 0.2) is 36.5 Å². The van der Waals surface area contributed by atoms with Crippen LogP contribution < -0.4 is 10.1 Å². The molecule has 2 rings (SSSR count). The summed E-state index contributed by atoms with van der Waals surface area (Å²) in [5, 5.41) is 3.15. The third-order valence-electron chi connectivity index (χ3n) is 2.86. The Bertz CT molecular complexity index is 639. The molecular formula is C15H15F3N2O2. The SMILES string of the molecule is O=C(CC(F)(F)F)NCCCOc1cccc2cccnc12. The number of fused-ring (bicyclic) bond motifs is 1. The summed E-state index contributed by atoms with van der Waals surface area (Å²) in [6.45, 7) is 0.412. The molecule has 4 nitrogen and oxygen atoms in total. The lowest BCUT2D eigenvalue weighted by Gasteiger charge is -2.10. The molecule has 0 radical (unpaired) electrons. The smallest absolute Gasteiger partial charge is 0.397 e. The van der Waals surface area contributed by atoms with Crippen LogP contribution in [-0.2, 0) is 4.79 Å². The number of nitrogens with one attached hydrogen (secondary N) is 1. The van der Waals surface area contributed by atoms with Crippen LogP contribution >= 0.6 is 0 Å². The minimum Gasteiger partial charge on any atom is -0.491 e. The number of benzene rings is 1. The lowest BCUT2D eigenvalue weighted by molar-refractivity contribution is -0.153. The topological polar surface area (TPSA) is 51.2 Å². The van der Waals surface area contributed by atoms with E-state index < -0.39 is 18.5 Å². The normalized spacial score (nSPS) is 11.4. The zero-order valence-electron chi connectivity index (χ0n) is 11.7. The molecule has 1 amide bonds. The zero-order valence-corrected chi connectivity index (χ0v) is 11.7. The molecule has 0 saturated carbocycles. The zero-order chi connectivity index (χ0) is 16.0. The van der Waals surface area contributed by atoms with Crippen LogP contribution in [0.25, 0.3) is 10.9 Å². The number of pyridine rings is 1. The average Bonchev–Trinajstić information content (AvgIpc) is 2.45. The van der Waals surface area contributed by atoms with Crippen LogP contribution in [0, 0.1) is 0 Å². The summed E-state index contributed by atoms with van der Waals surface area (Å²) in [6.07, 6.45) is -3.87. The summed E-state index contributed by atoms with van der Waals surface area (Å²) in [5.41, 5.74) is 0.728. The Kier molecular flexibility index (Phi) is 5.19. The monoisotopic (exact) mass is 312 g/mol. The fourth-order valence-electron chi connectivity index (χ4n) is 1.92. The van der Waals surface area contributed by atoms with Crippen molar-refractivity contribution in [1.82, 2.24) is 10.3 Å². The van der Waals surface area contributed by atoms with Crippen LogP contribution in [-0.4, -0.2) is 30.2 Å². The molecule has 0 aliphatic heterocycles. The predicted molar refractivity (Wildman–Crippen MR) is 75.5 cm³/mol. The molecule has 22 heavy (non-hydrogen) atoms. The number of rotatable bonds is 6. The van der Waals surface area contributed by atoms with Gasteiger partial charge in [-0.2, -0.15) is 13.2 Å². The number of alkyl halides is 3. The van der Waals surface area contributed by atoms with Crippen molar-refractivity contribution in [3.8, 4) is 5.75 Å². The largest absolute Gasteiger partial charge is 0.491 e. The molecule has 0 aliphatic carbocycles. The van der Waals surface area contributed by atoms with Gasteiger partial charge in [-0.3, -0.25) is 9.78 Å². The van der Waals surface area contributed by atoms with Crippen molar-refractivity contribution in [2.24, 2.45) is 0 Å². The third-order valence-corrected chi connectivity index (χ3v) is 2.86. The molecule has 0 unspecified atom stereocenters. The number of halogens is 3. The van der Waals surface area contributed by atoms with Gasteiger partial charge in [-0.25, -0.2) is 0 Å². The van der Waals surface area contributed by atoms with Crippen molar-refractivity contribution in [2.45, 2.75) is 19.0 Å². The van der Waals surface area contributed by atoms with Crippen LogP contribution in [0.2, 0.25) is 0 Å². The average molecular weight is 312 g/mol. The first-order valence-corrected chi connectivity index (χ1v) is 6.76. The van der Waals surface area contributed by atoms with E-state index in [1.54, 1.807) is 12.3 Å². The van der Waals surface area contributed by atoms with Gasteiger partial charge in [0.2, 0.25) is 5.91 Å². The molecule has 1 N–H and O–H groups in total. The summed E-state index contributed by atoms with van der Waals surface area (Å²) in [4.78, 5) is 15.2. The number of nitrogens with zero attached hydrogens (tertiary/aromatic N) is 1. The molecule has 118 valence electrons. The Morgan fingerprint density at radius 2 is 2.00 bits per heavy atom. The number of carbonyl (C=O) groups is 1. The molecule has 0 bridgehead atoms. The second kappa shape index (κ2) is 7.11. The molecule has 0 saturated heterocycles. The van der Waals surface area contributed by atoms with Crippen molar-refractivity contribution in [3.63, 3.8) is 0 Å². The fraction of sp³-hybridized carbons (Fsp3) is 0.333.